The Balaban J connectivity index is 4.43. The third-order valence-corrected chi connectivity index (χ3v) is 10.6. The van der Waals surface area contributed by atoms with E-state index in [0.717, 1.165) is 83.5 Å². The first-order valence-electron chi connectivity index (χ1n) is 24.8. The van der Waals surface area contributed by atoms with Gasteiger partial charge in [-0.2, -0.15) is 0 Å². The van der Waals surface area contributed by atoms with Crippen LogP contribution >= 0.6 is 0 Å². The predicted molar refractivity (Wildman–Crippen MR) is 251 cm³/mol. The summed E-state index contributed by atoms with van der Waals surface area (Å²) in [5.74, 6) is -0.946. The molecule has 1 unspecified atom stereocenters. The van der Waals surface area contributed by atoms with Crippen LogP contribution in [0.2, 0.25) is 0 Å². The third kappa shape index (κ3) is 46.0. The van der Waals surface area contributed by atoms with E-state index in [0.29, 0.717) is 12.8 Å². The molecule has 340 valence electrons. The van der Waals surface area contributed by atoms with Crippen molar-refractivity contribution in [3.8, 4) is 0 Å². The molecule has 59 heavy (non-hydrogen) atoms. The van der Waals surface area contributed by atoms with Gasteiger partial charge in [0.15, 0.2) is 6.10 Å². The Morgan fingerprint density at radius 3 is 1.10 bits per heavy atom. The van der Waals surface area contributed by atoms with Gasteiger partial charge in [0.2, 0.25) is 0 Å². The molecule has 0 saturated heterocycles. The number of unbranched alkanes of at least 4 members (excludes halogenated alkanes) is 26. The normalized spacial score (nSPS) is 12.5. The van der Waals surface area contributed by atoms with Crippen LogP contribution in [-0.2, 0) is 28.6 Å². The van der Waals surface area contributed by atoms with Crippen LogP contribution in [0.15, 0.2) is 60.8 Å². The lowest BCUT2D eigenvalue weighted by molar-refractivity contribution is -0.167. The molecule has 0 aromatic carbocycles. The highest BCUT2D eigenvalue weighted by molar-refractivity contribution is 5.71. The number of esters is 3. The Morgan fingerprint density at radius 1 is 0.356 bits per heavy atom. The average molecular weight is 825 g/mol. The Morgan fingerprint density at radius 2 is 0.678 bits per heavy atom. The van der Waals surface area contributed by atoms with Gasteiger partial charge >= 0.3 is 17.9 Å². The molecule has 6 heteroatoms. The Bertz CT molecular complexity index is 1090. The van der Waals surface area contributed by atoms with Crippen LogP contribution in [-0.4, -0.2) is 37.2 Å². The van der Waals surface area contributed by atoms with E-state index in [2.05, 4.69) is 45.1 Å². The SMILES string of the molecule is CC/C=C/C=C/C=C/C=C/CCCCCC(=O)OC(COC(=O)CCCCC/C=C/CCCCCCCC)COC(=O)CCCCCCCCCCCCCCCCC. The van der Waals surface area contributed by atoms with Crippen molar-refractivity contribution < 1.29 is 28.6 Å². The fourth-order valence-corrected chi connectivity index (χ4v) is 6.86. The molecule has 0 heterocycles. The van der Waals surface area contributed by atoms with Gasteiger partial charge in [-0.1, -0.05) is 216 Å². The molecule has 0 aromatic rings. The number of rotatable bonds is 44. The maximum atomic E-state index is 12.7. The fraction of sp³-hybridized carbons (Fsp3) is 0.755. The van der Waals surface area contributed by atoms with E-state index in [9.17, 15) is 14.4 Å². The average Bonchev–Trinajstić information content (AvgIpc) is 3.23. The summed E-state index contributed by atoms with van der Waals surface area (Å²) in [5, 5.41) is 0. The van der Waals surface area contributed by atoms with Crippen LogP contribution in [0.4, 0.5) is 0 Å². The van der Waals surface area contributed by atoms with Crippen molar-refractivity contribution in [3.63, 3.8) is 0 Å². The molecule has 0 amide bonds. The minimum absolute atomic E-state index is 0.0932. The summed E-state index contributed by atoms with van der Waals surface area (Å²) in [7, 11) is 0. The Kier molecular flexibility index (Phi) is 45.4. The predicted octanol–water partition coefficient (Wildman–Crippen LogP) is 16.1. The molecule has 1 atom stereocenters. The fourth-order valence-electron chi connectivity index (χ4n) is 6.86. The second kappa shape index (κ2) is 47.8. The third-order valence-electron chi connectivity index (χ3n) is 10.6. The van der Waals surface area contributed by atoms with Gasteiger partial charge in [-0.15, -0.1) is 0 Å². The molecule has 0 aliphatic carbocycles. The summed E-state index contributed by atoms with van der Waals surface area (Å²) < 4.78 is 16.7. The zero-order valence-electron chi connectivity index (χ0n) is 38.8. The highest BCUT2D eigenvalue weighted by atomic mass is 16.6. The molecular formula is C53H92O6. The highest BCUT2D eigenvalue weighted by Gasteiger charge is 2.19. The second-order valence-electron chi connectivity index (χ2n) is 16.4. The first kappa shape index (κ1) is 56.1. The summed E-state index contributed by atoms with van der Waals surface area (Å²) in [4.78, 5) is 37.9. The van der Waals surface area contributed by atoms with Crippen molar-refractivity contribution in [2.24, 2.45) is 0 Å². The van der Waals surface area contributed by atoms with Crippen molar-refractivity contribution in [1.29, 1.82) is 0 Å². The summed E-state index contributed by atoms with van der Waals surface area (Å²) in [6, 6.07) is 0. The molecule has 0 aromatic heterocycles. The van der Waals surface area contributed by atoms with E-state index in [1.54, 1.807) is 0 Å². The largest absolute Gasteiger partial charge is 0.462 e. The van der Waals surface area contributed by atoms with E-state index in [1.807, 2.05) is 36.5 Å². The monoisotopic (exact) mass is 825 g/mol. The number of hydrogen-bond acceptors (Lipinski definition) is 6. The van der Waals surface area contributed by atoms with Crippen molar-refractivity contribution >= 4 is 17.9 Å². The van der Waals surface area contributed by atoms with Crippen molar-refractivity contribution in [2.45, 2.75) is 245 Å². The second-order valence-corrected chi connectivity index (χ2v) is 16.4. The molecule has 0 aliphatic heterocycles. The van der Waals surface area contributed by atoms with E-state index in [1.165, 1.54) is 116 Å². The summed E-state index contributed by atoms with van der Waals surface area (Å²) in [6.45, 7) is 6.45. The standard InChI is InChI=1S/C53H92O6/c1-4-7-10-13-16-19-22-25-26-29-31-34-37-40-43-46-52(55)58-49-50(59-53(56)47-44-41-38-35-32-28-24-21-18-15-12-9-6-3)48-57-51(54)45-42-39-36-33-30-27-23-20-17-14-11-8-5-2/h9,12,15,18,21,24,27-28,30,32,50H,4-8,10-11,13-14,16-17,19-20,22-23,25-26,29,31,33-49H2,1-3H3/b12-9+,18-15+,24-21+,30-27+,32-28+. The topological polar surface area (TPSA) is 78.9 Å². The first-order chi connectivity index (χ1) is 29.0. The van der Waals surface area contributed by atoms with Gasteiger partial charge in [0.25, 0.3) is 0 Å². The Labute approximate surface area is 364 Å². The van der Waals surface area contributed by atoms with Gasteiger partial charge in [0.05, 0.1) is 0 Å². The van der Waals surface area contributed by atoms with Crippen molar-refractivity contribution in [2.75, 3.05) is 13.2 Å². The van der Waals surface area contributed by atoms with Gasteiger partial charge in [0, 0.05) is 19.3 Å². The molecule has 0 fully saturated rings. The smallest absolute Gasteiger partial charge is 0.306 e. The van der Waals surface area contributed by atoms with Crippen LogP contribution in [0.3, 0.4) is 0 Å². The van der Waals surface area contributed by atoms with Crippen LogP contribution in [0.5, 0.6) is 0 Å². The Hall–Kier alpha value is -2.89. The molecule has 0 aliphatic rings. The van der Waals surface area contributed by atoms with Crippen molar-refractivity contribution in [1.82, 2.24) is 0 Å². The van der Waals surface area contributed by atoms with Crippen molar-refractivity contribution in [3.05, 3.63) is 60.8 Å². The highest BCUT2D eigenvalue weighted by Crippen LogP contribution is 2.15. The number of carbonyl (C=O) groups is 3. The maximum absolute atomic E-state index is 12.7. The van der Waals surface area contributed by atoms with Gasteiger partial charge < -0.3 is 14.2 Å². The van der Waals surface area contributed by atoms with Gasteiger partial charge in [-0.3, -0.25) is 14.4 Å². The van der Waals surface area contributed by atoms with E-state index in [4.69, 9.17) is 14.2 Å². The van der Waals surface area contributed by atoms with Gasteiger partial charge in [0.1, 0.15) is 13.2 Å². The van der Waals surface area contributed by atoms with Crippen LogP contribution in [0.1, 0.15) is 239 Å². The van der Waals surface area contributed by atoms with Gasteiger partial charge in [-0.05, 0) is 64.2 Å². The number of hydrogen-bond donors (Lipinski definition) is 0. The minimum Gasteiger partial charge on any atom is -0.462 e. The maximum Gasteiger partial charge on any atom is 0.306 e. The van der Waals surface area contributed by atoms with E-state index >= 15 is 0 Å². The first-order valence-corrected chi connectivity index (χ1v) is 24.8. The number of allylic oxidation sites excluding steroid dienone is 10. The zero-order valence-corrected chi connectivity index (χ0v) is 38.8. The lowest BCUT2D eigenvalue weighted by Gasteiger charge is -2.18. The molecule has 0 bridgehead atoms. The lowest BCUT2D eigenvalue weighted by atomic mass is 10.0. The molecule has 0 spiro atoms. The number of carbonyl (C=O) groups excluding carboxylic acids is 3. The minimum atomic E-state index is -0.797. The zero-order chi connectivity index (χ0) is 43.0. The molecule has 0 rings (SSSR count). The lowest BCUT2D eigenvalue weighted by Crippen LogP contribution is -2.30. The quantitative estimate of drug-likeness (QED) is 0.0200. The van der Waals surface area contributed by atoms with E-state index in [-0.39, 0.29) is 37.5 Å². The molecule has 0 N–H and O–H groups in total. The summed E-state index contributed by atoms with van der Waals surface area (Å²) >= 11 is 0. The van der Waals surface area contributed by atoms with E-state index < -0.39 is 6.10 Å². The molecular weight excluding hydrogens is 733 g/mol. The number of ether oxygens (including phenoxy) is 3. The molecule has 0 radical (unpaired) electrons. The molecule has 6 nitrogen and oxygen atoms in total. The summed E-state index contributed by atoms with van der Waals surface area (Å²) in [5.41, 5.74) is 0. The van der Waals surface area contributed by atoms with Gasteiger partial charge in [-0.25, -0.2) is 0 Å². The molecule has 0 saturated carbocycles. The van der Waals surface area contributed by atoms with Crippen LogP contribution in [0, 0.1) is 0 Å². The van der Waals surface area contributed by atoms with Crippen LogP contribution in [0.25, 0.3) is 0 Å². The summed E-state index contributed by atoms with van der Waals surface area (Å²) in [6.07, 6.45) is 57.8. The van der Waals surface area contributed by atoms with Crippen LogP contribution < -0.4 is 0 Å².